The molecule has 1 atom stereocenters. The highest BCUT2D eigenvalue weighted by atomic mass is 19.1. The molecular weight excluding hydrogens is 423 g/mol. The van der Waals surface area contributed by atoms with Gasteiger partial charge in [-0.2, -0.15) is 0 Å². The first kappa shape index (κ1) is 21.8. The summed E-state index contributed by atoms with van der Waals surface area (Å²) < 4.78 is 14.8. The monoisotopic (exact) mass is 444 g/mol. The first-order valence-corrected chi connectivity index (χ1v) is 10.3. The van der Waals surface area contributed by atoms with Gasteiger partial charge in [-0.3, -0.25) is 9.59 Å². The topological polar surface area (TPSA) is 102 Å². The number of tetrazole rings is 1. The van der Waals surface area contributed by atoms with Crippen LogP contribution in [0.3, 0.4) is 0 Å². The van der Waals surface area contributed by atoms with E-state index < -0.39 is 17.8 Å². The molecule has 0 radical (unpaired) electrons. The van der Waals surface area contributed by atoms with E-state index in [4.69, 9.17) is 0 Å². The lowest BCUT2D eigenvalue weighted by atomic mass is 10.1. The number of hydrogen-bond acceptors (Lipinski definition) is 5. The third-order valence-corrected chi connectivity index (χ3v) is 5.00. The van der Waals surface area contributed by atoms with E-state index in [1.54, 1.807) is 18.2 Å². The van der Waals surface area contributed by atoms with E-state index >= 15 is 0 Å². The van der Waals surface area contributed by atoms with Crippen molar-refractivity contribution in [3.8, 4) is 0 Å². The van der Waals surface area contributed by atoms with Crippen molar-refractivity contribution in [1.29, 1.82) is 0 Å². The van der Waals surface area contributed by atoms with Crippen molar-refractivity contribution >= 4 is 17.5 Å². The van der Waals surface area contributed by atoms with Gasteiger partial charge in [0.2, 0.25) is 5.91 Å². The van der Waals surface area contributed by atoms with Crippen LogP contribution >= 0.6 is 0 Å². The van der Waals surface area contributed by atoms with E-state index in [0.717, 1.165) is 11.1 Å². The predicted octanol–water partition coefficient (Wildman–Crippen LogP) is 3.16. The van der Waals surface area contributed by atoms with E-state index in [-0.39, 0.29) is 18.0 Å². The molecule has 1 unspecified atom stereocenters. The van der Waals surface area contributed by atoms with Crippen LogP contribution in [0.4, 0.5) is 10.1 Å². The molecule has 0 fully saturated rings. The van der Waals surface area contributed by atoms with Gasteiger partial charge in [0, 0.05) is 24.2 Å². The molecule has 0 saturated heterocycles. The molecule has 1 heterocycles. The smallest absolute Gasteiger partial charge is 0.255 e. The second-order valence-corrected chi connectivity index (χ2v) is 7.38. The van der Waals surface area contributed by atoms with E-state index in [1.807, 2.05) is 36.4 Å². The van der Waals surface area contributed by atoms with E-state index in [9.17, 15) is 14.0 Å². The second kappa shape index (κ2) is 10.3. The number of carbonyl (C=O) groups is 2. The van der Waals surface area contributed by atoms with Gasteiger partial charge in [-0.25, -0.2) is 9.07 Å². The largest absolute Gasteiger partial charge is 0.350 e. The molecule has 0 aliphatic rings. The highest BCUT2D eigenvalue weighted by molar-refractivity contribution is 6.04. The maximum absolute atomic E-state index is 13.4. The lowest BCUT2D eigenvalue weighted by molar-refractivity contribution is -0.124. The number of halogens is 1. The second-order valence-electron chi connectivity index (χ2n) is 7.38. The summed E-state index contributed by atoms with van der Waals surface area (Å²) in [6.07, 6.45) is 1.84. The van der Waals surface area contributed by atoms with Gasteiger partial charge in [-0.15, -0.1) is 5.10 Å². The highest BCUT2D eigenvalue weighted by Gasteiger charge is 2.22. The molecule has 2 N–H and O–H groups in total. The van der Waals surface area contributed by atoms with Gasteiger partial charge in [0.1, 0.15) is 18.2 Å². The molecule has 166 valence electrons. The number of hydrogen-bond donors (Lipinski definition) is 2. The lowest BCUT2D eigenvalue weighted by Crippen LogP contribution is -2.34. The van der Waals surface area contributed by atoms with Crippen molar-refractivity contribution in [3.05, 3.63) is 108 Å². The zero-order valence-corrected chi connectivity index (χ0v) is 17.6. The van der Waals surface area contributed by atoms with Crippen LogP contribution in [-0.2, 0) is 17.8 Å². The predicted molar refractivity (Wildman–Crippen MR) is 120 cm³/mol. The van der Waals surface area contributed by atoms with E-state index in [1.165, 1.54) is 35.3 Å². The minimum absolute atomic E-state index is 0.221. The molecule has 9 heteroatoms. The van der Waals surface area contributed by atoms with E-state index in [2.05, 4.69) is 26.2 Å². The molecule has 0 spiro atoms. The number of anilines is 1. The summed E-state index contributed by atoms with van der Waals surface area (Å²) in [7, 11) is 0. The van der Waals surface area contributed by atoms with Crippen LogP contribution in [0.2, 0.25) is 0 Å². The van der Waals surface area contributed by atoms with Crippen molar-refractivity contribution < 1.29 is 14.0 Å². The fraction of sp³-hybridized carbons (Fsp3) is 0.125. The number of aromatic nitrogens is 4. The summed E-state index contributed by atoms with van der Waals surface area (Å²) >= 11 is 0. The number of rotatable bonds is 8. The molecule has 0 aliphatic heterocycles. The first-order chi connectivity index (χ1) is 16.1. The van der Waals surface area contributed by atoms with Gasteiger partial charge in [0.25, 0.3) is 5.91 Å². The Labute approximate surface area is 189 Å². The van der Waals surface area contributed by atoms with Gasteiger partial charge in [0.05, 0.1) is 0 Å². The molecule has 0 saturated carbocycles. The van der Waals surface area contributed by atoms with Gasteiger partial charge in [-0.05, 0) is 51.9 Å². The molecular formula is C24H21FN6O2. The summed E-state index contributed by atoms with van der Waals surface area (Å²) in [6, 6.07) is 21.5. The molecule has 3 aromatic carbocycles. The maximum atomic E-state index is 13.4. The fourth-order valence-electron chi connectivity index (χ4n) is 3.35. The van der Waals surface area contributed by atoms with Gasteiger partial charge >= 0.3 is 0 Å². The van der Waals surface area contributed by atoms with Crippen LogP contribution in [0.25, 0.3) is 0 Å². The van der Waals surface area contributed by atoms with Crippen LogP contribution in [0, 0.1) is 5.82 Å². The Morgan fingerprint density at radius 3 is 2.48 bits per heavy atom. The molecule has 4 rings (SSSR count). The third-order valence-electron chi connectivity index (χ3n) is 5.00. The van der Waals surface area contributed by atoms with Crippen molar-refractivity contribution in [2.75, 3.05) is 5.32 Å². The quantitative estimate of drug-likeness (QED) is 0.435. The molecule has 1 aromatic heterocycles. The van der Waals surface area contributed by atoms with Crippen LogP contribution < -0.4 is 10.6 Å². The summed E-state index contributed by atoms with van der Waals surface area (Å²) in [4.78, 5) is 25.3. The average molecular weight is 444 g/mol. The Hall–Kier alpha value is -4.40. The van der Waals surface area contributed by atoms with Crippen LogP contribution in [0.5, 0.6) is 0 Å². The minimum Gasteiger partial charge on any atom is -0.350 e. The summed E-state index contributed by atoms with van der Waals surface area (Å²) in [5.41, 5.74) is 2.53. The number of nitrogens with zero attached hydrogens (tertiary/aromatic N) is 4. The molecule has 0 bridgehead atoms. The number of nitrogens with one attached hydrogen (secondary N) is 2. The number of carbonyl (C=O) groups excluding carboxylic acids is 2. The Kier molecular flexibility index (Phi) is 6.79. The summed E-state index contributed by atoms with van der Waals surface area (Å²) in [5.74, 6) is -1.13. The average Bonchev–Trinajstić information content (AvgIpc) is 3.36. The molecule has 2 amide bonds. The molecule has 4 aromatic rings. The Bertz CT molecular complexity index is 1230. The number of benzene rings is 3. The van der Waals surface area contributed by atoms with Gasteiger partial charge in [0.15, 0.2) is 0 Å². The zero-order valence-electron chi connectivity index (χ0n) is 17.6. The minimum atomic E-state index is -0.613. The molecule has 8 nitrogen and oxygen atoms in total. The fourth-order valence-corrected chi connectivity index (χ4v) is 3.35. The normalized spacial score (nSPS) is 11.5. The van der Waals surface area contributed by atoms with Gasteiger partial charge < -0.3 is 10.6 Å². The standard InChI is InChI=1S/C24H21FN6O2/c25-20-10-5-9-19(14-20)23(32)28-21-11-4-8-18(12-21)15-26-24(33)22(31-16-27-29-30-31)13-17-6-2-1-3-7-17/h1-12,14,16,22H,13,15H2,(H,26,33)(H,28,32). The highest BCUT2D eigenvalue weighted by Crippen LogP contribution is 2.16. The van der Waals surface area contributed by atoms with Crippen LogP contribution in [0.15, 0.2) is 85.2 Å². The SMILES string of the molecule is O=C(Nc1cccc(CNC(=O)C(Cc2ccccc2)n2cnnn2)c1)c1cccc(F)c1. The third kappa shape index (κ3) is 5.85. The van der Waals surface area contributed by atoms with Crippen molar-refractivity contribution in [1.82, 2.24) is 25.5 Å². The van der Waals surface area contributed by atoms with Crippen LogP contribution in [0.1, 0.15) is 27.5 Å². The molecule has 33 heavy (non-hydrogen) atoms. The van der Waals surface area contributed by atoms with Crippen molar-refractivity contribution in [3.63, 3.8) is 0 Å². The van der Waals surface area contributed by atoms with Crippen molar-refractivity contribution in [2.45, 2.75) is 19.0 Å². The Morgan fingerprint density at radius 1 is 0.939 bits per heavy atom. The van der Waals surface area contributed by atoms with Crippen molar-refractivity contribution in [2.24, 2.45) is 0 Å². The first-order valence-electron chi connectivity index (χ1n) is 10.3. The van der Waals surface area contributed by atoms with E-state index in [0.29, 0.717) is 12.1 Å². The summed E-state index contributed by atoms with van der Waals surface area (Å²) in [5, 5.41) is 16.8. The molecule has 0 aliphatic carbocycles. The Balaban J connectivity index is 1.41. The number of amides is 2. The zero-order chi connectivity index (χ0) is 23.0. The van der Waals surface area contributed by atoms with Crippen LogP contribution in [-0.4, -0.2) is 32.0 Å². The maximum Gasteiger partial charge on any atom is 0.255 e. The Morgan fingerprint density at radius 2 is 1.73 bits per heavy atom. The van der Waals surface area contributed by atoms with Gasteiger partial charge in [-0.1, -0.05) is 48.5 Å². The summed E-state index contributed by atoms with van der Waals surface area (Å²) in [6.45, 7) is 0.246. The lowest BCUT2D eigenvalue weighted by Gasteiger charge is -2.17.